The molecule has 30 heavy (non-hydrogen) atoms. The number of aliphatic imine (C=N–C) groups is 1. The summed E-state index contributed by atoms with van der Waals surface area (Å²) >= 11 is 1.68. The summed E-state index contributed by atoms with van der Waals surface area (Å²) in [7, 11) is 0. The molecular weight excluding hydrogens is 507 g/mol. The van der Waals surface area contributed by atoms with E-state index in [1.807, 2.05) is 0 Å². The normalized spacial score (nSPS) is 15.8. The van der Waals surface area contributed by atoms with E-state index in [4.69, 9.17) is 5.73 Å². The number of thioether (sulfide) groups is 1. The van der Waals surface area contributed by atoms with Crippen molar-refractivity contribution < 1.29 is 0 Å². The number of hydrogen-bond donors (Lipinski definition) is 2. The van der Waals surface area contributed by atoms with Gasteiger partial charge in [-0.05, 0) is 55.6 Å². The van der Waals surface area contributed by atoms with Gasteiger partial charge < -0.3 is 15.6 Å². The quantitative estimate of drug-likeness (QED) is 0.142. The summed E-state index contributed by atoms with van der Waals surface area (Å²) < 4.78 is 2.36. The van der Waals surface area contributed by atoms with Crippen molar-refractivity contribution in [2.75, 3.05) is 18.1 Å². The molecule has 1 saturated carbocycles. The van der Waals surface area contributed by atoms with Crippen LogP contribution in [-0.4, -0.2) is 33.5 Å². The van der Waals surface area contributed by atoms with Gasteiger partial charge in [0.1, 0.15) is 5.82 Å². The third-order valence-electron chi connectivity index (χ3n) is 5.81. The van der Waals surface area contributed by atoms with Crippen molar-refractivity contribution in [3.8, 4) is 0 Å². The van der Waals surface area contributed by atoms with Crippen LogP contribution >= 0.6 is 35.7 Å². The number of rotatable bonds is 9. The fraction of sp³-hybridized carbons (Fsp3) is 0.591. The number of nitrogens with one attached hydrogen (secondary N) is 1. The standard InChI is InChI=1S/C22H34N6S.HI/c1-4-16(2)17-11-13-18(14-12-17)25-21(23)24-15-7-10-20-26-27-22(29-3)28(20)19-8-5-6-9-19;/h11-14,16,19H,4-10,15H2,1-3H3,(H3,23,24,25);1H. The van der Waals surface area contributed by atoms with Crippen LogP contribution in [0.15, 0.2) is 34.4 Å². The van der Waals surface area contributed by atoms with E-state index in [2.05, 4.69) is 69.4 Å². The second-order valence-corrected chi connectivity index (χ2v) is 8.61. The molecule has 2 aromatic rings. The number of aryl methyl sites for hydroxylation is 1. The van der Waals surface area contributed by atoms with Gasteiger partial charge in [-0.2, -0.15) is 0 Å². The molecule has 0 spiro atoms. The molecule has 3 rings (SSSR count). The number of hydrogen-bond acceptors (Lipinski definition) is 4. The van der Waals surface area contributed by atoms with E-state index < -0.39 is 0 Å². The van der Waals surface area contributed by atoms with Gasteiger partial charge in [0.05, 0.1) is 0 Å². The number of nitrogens with two attached hydrogens (primary N) is 1. The molecule has 1 aliphatic rings. The molecule has 1 aromatic heterocycles. The Labute approximate surface area is 201 Å². The Morgan fingerprint density at radius 2 is 1.97 bits per heavy atom. The predicted octanol–water partition coefficient (Wildman–Crippen LogP) is 5.61. The maximum Gasteiger partial charge on any atom is 0.193 e. The SMILES string of the molecule is CCC(C)c1ccc(NC(N)=NCCCc2nnc(SC)n2C2CCCC2)cc1.I. The molecule has 1 aromatic carbocycles. The lowest BCUT2D eigenvalue weighted by Crippen LogP contribution is -2.23. The summed E-state index contributed by atoms with van der Waals surface area (Å²) in [4.78, 5) is 4.48. The second-order valence-electron chi connectivity index (χ2n) is 7.84. The van der Waals surface area contributed by atoms with Gasteiger partial charge in [-0.15, -0.1) is 34.2 Å². The number of anilines is 1. The van der Waals surface area contributed by atoms with Gasteiger partial charge in [-0.3, -0.25) is 4.99 Å². The van der Waals surface area contributed by atoms with Crippen LogP contribution in [0.5, 0.6) is 0 Å². The molecule has 3 N–H and O–H groups in total. The van der Waals surface area contributed by atoms with Crippen LogP contribution in [0.1, 0.15) is 75.7 Å². The maximum absolute atomic E-state index is 6.07. The summed E-state index contributed by atoms with van der Waals surface area (Å²) in [5.74, 6) is 2.12. The molecule has 0 aliphatic heterocycles. The third kappa shape index (κ3) is 6.60. The van der Waals surface area contributed by atoms with Crippen molar-refractivity contribution in [2.24, 2.45) is 10.7 Å². The fourth-order valence-corrected chi connectivity index (χ4v) is 4.47. The average Bonchev–Trinajstić information content (AvgIpc) is 3.40. The number of guanidine groups is 1. The number of halogens is 1. The lowest BCUT2D eigenvalue weighted by molar-refractivity contribution is 0.461. The lowest BCUT2D eigenvalue weighted by atomic mass is 9.99. The molecule has 0 amide bonds. The predicted molar refractivity (Wildman–Crippen MR) is 138 cm³/mol. The van der Waals surface area contributed by atoms with Crippen molar-refractivity contribution in [1.82, 2.24) is 14.8 Å². The smallest absolute Gasteiger partial charge is 0.193 e. The van der Waals surface area contributed by atoms with E-state index >= 15 is 0 Å². The zero-order valence-corrected chi connectivity index (χ0v) is 21.5. The molecule has 166 valence electrons. The fourth-order valence-electron chi connectivity index (χ4n) is 3.90. The van der Waals surface area contributed by atoms with Gasteiger partial charge in [-0.1, -0.05) is 50.6 Å². The van der Waals surface area contributed by atoms with Crippen LogP contribution in [0.2, 0.25) is 0 Å². The van der Waals surface area contributed by atoms with Crippen molar-refractivity contribution in [3.63, 3.8) is 0 Å². The van der Waals surface area contributed by atoms with Gasteiger partial charge in [0, 0.05) is 24.7 Å². The van der Waals surface area contributed by atoms with Gasteiger partial charge in [-0.25, -0.2) is 0 Å². The van der Waals surface area contributed by atoms with Crippen molar-refractivity contribution in [3.05, 3.63) is 35.7 Å². The Balaban J connectivity index is 0.00000320. The van der Waals surface area contributed by atoms with Crippen molar-refractivity contribution in [2.45, 2.75) is 75.9 Å². The Morgan fingerprint density at radius 1 is 1.27 bits per heavy atom. The minimum Gasteiger partial charge on any atom is -0.370 e. The molecule has 1 fully saturated rings. The second kappa shape index (κ2) is 12.5. The highest BCUT2D eigenvalue weighted by Gasteiger charge is 2.23. The molecule has 1 atom stereocenters. The van der Waals surface area contributed by atoms with Crippen LogP contribution in [0.3, 0.4) is 0 Å². The molecular formula is C22H35IN6S. The molecule has 0 saturated heterocycles. The van der Waals surface area contributed by atoms with Gasteiger partial charge >= 0.3 is 0 Å². The van der Waals surface area contributed by atoms with Crippen LogP contribution in [0, 0.1) is 0 Å². The maximum atomic E-state index is 6.07. The van der Waals surface area contributed by atoms with E-state index in [0.717, 1.165) is 35.9 Å². The molecule has 0 radical (unpaired) electrons. The summed E-state index contributed by atoms with van der Waals surface area (Å²) in [6.45, 7) is 5.13. The van der Waals surface area contributed by atoms with Crippen LogP contribution in [0.4, 0.5) is 5.69 Å². The first kappa shape index (κ1) is 25.0. The summed E-state index contributed by atoms with van der Waals surface area (Å²) in [5, 5.41) is 13.0. The monoisotopic (exact) mass is 542 g/mol. The van der Waals surface area contributed by atoms with Gasteiger partial charge in [0.15, 0.2) is 11.1 Å². The van der Waals surface area contributed by atoms with E-state index in [9.17, 15) is 0 Å². The number of aromatic nitrogens is 3. The highest BCUT2D eigenvalue weighted by atomic mass is 127. The Morgan fingerprint density at radius 3 is 2.60 bits per heavy atom. The van der Waals surface area contributed by atoms with Gasteiger partial charge in [0.25, 0.3) is 0 Å². The molecule has 1 aliphatic carbocycles. The van der Waals surface area contributed by atoms with E-state index in [1.165, 1.54) is 31.2 Å². The Hall–Kier alpha value is -1.29. The highest BCUT2D eigenvalue weighted by molar-refractivity contribution is 14.0. The summed E-state index contributed by atoms with van der Waals surface area (Å²) in [6, 6.07) is 9.01. The van der Waals surface area contributed by atoms with Crippen LogP contribution in [-0.2, 0) is 6.42 Å². The Bertz CT molecular complexity index is 798. The molecule has 6 nitrogen and oxygen atoms in total. The van der Waals surface area contributed by atoms with E-state index in [1.54, 1.807) is 11.8 Å². The molecule has 0 bridgehead atoms. The Kier molecular flexibility index (Phi) is 10.4. The van der Waals surface area contributed by atoms with E-state index in [-0.39, 0.29) is 24.0 Å². The first-order chi connectivity index (χ1) is 14.1. The topological polar surface area (TPSA) is 81.1 Å². The largest absolute Gasteiger partial charge is 0.370 e. The van der Waals surface area contributed by atoms with Crippen molar-refractivity contribution in [1.29, 1.82) is 0 Å². The average molecular weight is 543 g/mol. The number of nitrogens with zero attached hydrogens (tertiary/aromatic N) is 4. The molecule has 1 heterocycles. The first-order valence-corrected chi connectivity index (χ1v) is 12.0. The zero-order chi connectivity index (χ0) is 20.6. The van der Waals surface area contributed by atoms with E-state index in [0.29, 0.717) is 24.5 Å². The molecule has 1 unspecified atom stereocenters. The lowest BCUT2D eigenvalue weighted by Gasteiger charge is -2.16. The van der Waals surface area contributed by atoms with Crippen LogP contribution < -0.4 is 11.1 Å². The minimum absolute atomic E-state index is 0. The van der Waals surface area contributed by atoms with Crippen molar-refractivity contribution >= 4 is 47.4 Å². The number of benzene rings is 1. The van der Waals surface area contributed by atoms with Crippen LogP contribution in [0.25, 0.3) is 0 Å². The summed E-state index contributed by atoms with van der Waals surface area (Å²) in [6.07, 6.45) is 10.1. The zero-order valence-electron chi connectivity index (χ0n) is 18.3. The first-order valence-electron chi connectivity index (χ1n) is 10.8. The summed E-state index contributed by atoms with van der Waals surface area (Å²) in [5.41, 5.74) is 8.39. The highest BCUT2D eigenvalue weighted by Crippen LogP contribution is 2.33. The third-order valence-corrected chi connectivity index (χ3v) is 6.46. The van der Waals surface area contributed by atoms with Gasteiger partial charge in [0.2, 0.25) is 0 Å². The minimum atomic E-state index is 0. The molecule has 8 heteroatoms.